The summed E-state index contributed by atoms with van der Waals surface area (Å²) in [5, 5.41) is 0.931. The fourth-order valence-electron chi connectivity index (χ4n) is 4.42. The van der Waals surface area contributed by atoms with Gasteiger partial charge in [0.1, 0.15) is 5.01 Å². The number of hydrogen-bond acceptors (Lipinski definition) is 4. The Morgan fingerprint density at radius 1 is 0.794 bits per heavy atom. The Labute approximate surface area is 200 Å². The average molecular weight is 461 g/mol. The highest BCUT2D eigenvalue weighted by atomic mass is 32.1. The number of allylic oxidation sites excluding steroid dienone is 1. The van der Waals surface area contributed by atoms with Crippen molar-refractivity contribution in [1.29, 1.82) is 0 Å². The second kappa shape index (κ2) is 7.75. The van der Waals surface area contributed by atoms with E-state index in [1.54, 1.807) is 17.4 Å². The van der Waals surface area contributed by atoms with Crippen LogP contribution >= 0.6 is 11.3 Å². The molecule has 2 aromatic heterocycles. The number of nitrogens with zero attached hydrogens (tertiary/aromatic N) is 2. The molecule has 0 saturated carbocycles. The highest BCUT2D eigenvalue weighted by molar-refractivity contribution is 7.21. The number of ketones is 2. The summed E-state index contributed by atoms with van der Waals surface area (Å²) in [5.74, 6) is -0.435. The molecule has 0 aliphatic heterocycles. The molecule has 0 amide bonds. The van der Waals surface area contributed by atoms with Crippen molar-refractivity contribution in [2.24, 2.45) is 0 Å². The van der Waals surface area contributed by atoms with E-state index in [1.807, 2.05) is 97.3 Å². The van der Waals surface area contributed by atoms with E-state index in [-0.39, 0.29) is 17.1 Å². The SMILES string of the molecule is Cc1cc2c(cc1C)C(=O)C(=Cc1cc3sc(-c4ccccc4)nc3n1-c1ccccc1)C2=O. The minimum absolute atomic E-state index is 0.200. The van der Waals surface area contributed by atoms with Crippen molar-refractivity contribution in [3.8, 4) is 16.3 Å². The molecule has 6 rings (SSSR count). The molecule has 0 radical (unpaired) electrons. The summed E-state index contributed by atoms with van der Waals surface area (Å²) in [6.45, 7) is 3.92. The third kappa shape index (κ3) is 3.17. The molecular formula is C29H20N2O2S. The maximum atomic E-state index is 13.2. The number of aryl methyl sites for hydroxylation is 2. The van der Waals surface area contributed by atoms with E-state index in [1.165, 1.54) is 0 Å². The van der Waals surface area contributed by atoms with Crippen molar-refractivity contribution in [2.45, 2.75) is 13.8 Å². The van der Waals surface area contributed by atoms with Crippen LogP contribution in [-0.4, -0.2) is 21.1 Å². The summed E-state index contributed by atoms with van der Waals surface area (Å²) < 4.78 is 3.02. The molecular weight excluding hydrogens is 440 g/mol. The second-order valence-corrected chi connectivity index (χ2v) is 9.54. The van der Waals surface area contributed by atoms with Gasteiger partial charge in [0.05, 0.1) is 16.0 Å². The van der Waals surface area contributed by atoms with Gasteiger partial charge in [0, 0.05) is 22.4 Å². The smallest absolute Gasteiger partial charge is 0.197 e. The zero-order valence-corrected chi connectivity index (χ0v) is 19.5. The predicted octanol–water partition coefficient (Wildman–Crippen LogP) is 6.83. The van der Waals surface area contributed by atoms with Gasteiger partial charge in [-0.25, -0.2) is 4.98 Å². The summed E-state index contributed by atoms with van der Waals surface area (Å²) in [5.41, 5.74) is 6.75. The third-order valence-electron chi connectivity index (χ3n) is 6.32. The molecule has 0 spiro atoms. The van der Waals surface area contributed by atoms with Crippen molar-refractivity contribution in [3.63, 3.8) is 0 Å². The molecule has 0 N–H and O–H groups in total. The largest absolute Gasteiger partial charge is 0.294 e. The van der Waals surface area contributed by atoms with Crippen LogP contribution in [0.1, 0.15) is 37.5 Å². The minimum atomic E-state index is -0.217. The zero-order valence-electron chi connectivity index (χ0n) is 18.7. The molecule has 5 heteroatoms. The number of para-hydroxylation sites is 1. The lowest BCUT2D eigenvalue weighted by atomic mass is 10.0. The van der Waals surface area contributed by atoms with Crippen molar-refractivity contribution in [1.82, 2.24) is 9.55 Å². The first-order valence-electron chi connectivity index (χ1n) is 11.1. The van der Waals surface area contributed by atoms with Crippen LogP contribution in [0.2, 0.25) is 0 Å². The Balaban J connectivity index is 1.54. The third-order valence-corrected chi connectivity index (χ3v) is 7.36. The number of hydrogen-bond donors (Lipinski definition) is 0. The maximum absolute atomic E-state index is 13.2. The molecule has 1 aliphatic rings. The van der Waals surface area contributed by atoms with Gasteiger partial charge in [0.2, 0.25) is 0 Å². The Bertz CT molecular complexity index is 1600. The average Bonchev–Trinajstić information content (AvgIpc) is 3.47. The van der Waals surface area contributed by atoms with Gasteiger partial charge >= 0.3 is 0 Å². The number of carbonyl (C=O) groups excluding carboxylic acids is 2. The molecule has 0 atom stereocenters. The van der Waals surface area contributed by atoms with E-state index < -0.39 is 0 Å². The molecule has 34 heavy (non-hydrogen) atoms. The van der Waals surface area contributed by atoms with Crippen LogP contribution in [0.4, 0.5) is 0 Å². The molecule has 2 heterocycles. The maximum Gasteiger partial charge on any atom is 0.197 e. The van der Waals surface area contributed by atoms with Crippen LogP contribution in [-0.2, 0) is 0 Å². The molecule has 0 fully saturated rings. The van der Waals surface area contributed by atoms with Gasteiger partial charge in [-0.2, -0.15) is 0 Å². The van der Waals surface area contributed by atoms with Gasteiger partial charge in [-0.3, -0.25) is 14.2 Å². The summed E-state index contributed by atoms with van der Waals surface area (Å²) >= 11 is 1.60. The Hall–Kier alpha value is -4.09. The van der Waals surface area contributed by atoms with Crippen LogP contribution in [0, 0.1) is 13.8 Å². The van der Waals surface area contributed by atoms with E-state index in [0.29, 0.717) is 11.1 Å². The van der Waals surface area contributed by atoms with E-state index in [4.69, 9.17) is 4.98 Å². The fourth-order valence-corrected chi connectivity index (χ4v) is 5.42. The number of benzene rings is 3. The molecule has 0 bridgehead atoms. The lowest BCUT2D eigenvalue weighted by Gasteiger charge is -2.07. The Morgan fingerprint density at radius 2 is 1.38 bits per heavy atom. The van der Waals surface area contributed by atoms with Gasteiger partial charge in [0.25, 0.3) is 0 Å². The van der Waals surface area contributed by atoms with Gasteiger partial charge in [-0.05, 0) is 61.4 Å². The summed E-state index contributed by atoms with van der Waals surface area (Å²) in [6, 6.07) is 25.7. The quantitative estimate of drug-likeness (QED) is 0.219. The van der Waals surface area contributed by atoms with Crippen LogP contribution in [0.25, 0.3) is 32.7 Å². The molecule has 5 aromatic rings. The molecule has 1 aliphatic carbocycles. The van der Waals surface area contributed by atoms with Crippen LogP contribution in [0.15, 0.2) is 84.4 Å². The van der Waals surface area contributed by atoms with Gasteiger partial charge in [0.15, 0.2) is 17.2 Å². The number of carbonyl (C=O) groups is 2. The zero-order chi connectivity index (χ0) is 23.4. The first-order chi connectivity index (χ1) is 16.5. The lowest BCUT2D eigenvalue weighted by molar-refractivity contribution is 0.0990. The van der Waals surface area contributed by atoms with Crippen molar-refractivity contribution >= 4 is 39.3 Å². The monoisotopic (exact) mass is 460 g/mol. The number of rotatable bonds is 3. The highest BCUT2D eigenvalue weighted by Gasteiger charge is 2.34. The summed E-state index contributed by atoms with van der Waals surface area (Å²) in [6.07, 6.45) is 1.72. The molecule has 164 valence electrons. The first-order valence-corrected chi connectivity index (χ1v) is 11.9. The van der Waals surface area contributed by atoms with E-state index in [2.05, 4.69) is 0 Å². The fraction of sp³-hybridized carbons (Fsp3) is 0.0690. The predicted molar refractivity (Wildman–Crippen MR) is 137 cm³/mol. The van der Waals surface area contributed by atoms with Gasteiger partial charge in [-0.1, -0.05) is 48.5 Å². The first kappa shape index (κ1) is 20.5. The second-order valence-electron chi connectivity index (χ2n) is 8.51. The van der Waals surface area contributed by atoms with E-state index in [0.717, 1.165) is 43.4 Å². The number of aromatic nitrogens is 2. The molecule has 4 nitrogen and oxygen atoms in total. The van der Waals surface area contributed by atoms with Crippen molar-refractivity contribution in [3.05, 3.63) is 112 Å². The standard InChI is InChI=1S/C29H20N2O2S/c1-17-13-22-23(14-18(17)2)27(33)24(26(22)32)15-21-16-25-28(31(21)20-11-7-4-8-12-20)30-29(34-25)19-9-5-3-6-10-19/h3-16H,1-2H3. The molecule has 3 aromatic carbocycles. The summed E-state index contributed by atoms with van der Waals surface area (Å²) in [7, 11) is 0. The van der Waals surface area contributed by atoms with Crippen LogP contribution in [0.5, 0.6) is 0 Å². The normalized spacial score (nSPS) is 13.1. The van der Waals surface area contributed by atoms with Crippen LogP contribution in [0.3, 0.4) is 0 Å². The van der Waals surface area contributed by atoms with E-state index in [9.17, 15) is 9.59 Å². The molecule has 0 saturated heterocycles. The molecule has 0 unspecified atom stereocenters. The van der Waals surface area contributed by atoms with Gasteiger partial charge in [-0.15, -0.1) is 11.3 Å². The minimum Gasteiger partial charge on any atom is -0.294 e. The highest BCUT2D eigenvalue weighted by Crippen LogP contribution is 2.36. The van der Waals surface area contributed by atoms with Crippen molar-refractivity contribution < 1.29 is 9.59 Å². The van der Waals surface area contributed by atoms with E-state index >= 15 is 0 Å². The Morgan fingerprint density at radius 3 is 2.00 bits per heavy atom. The number of fused-ring (bicyclic) bond motifs is 2. The number of Topliss-reactive ketones (excluding diaryl/α,β-unsaturated/α-hetero) is 2. The Kier molecular flexibility index (Phi) is 4.67. The number of thiazole rings is 1. The van der Waals surface area contributed by atoms with Crippen molar-refractivity contribution in [2.75, 3.05) is 0 Å². The topological polar surface area (TPSA) is 52.0 Å². The lowest BCUT2D eigenvalue weighted by Crippen LogP contribution is -2.03. The summed E-state index contributed by atoms with van der Waals surface area (Å²) in [4.78, 5) is 31.3. The van der Waals surface area contributed by atoms with Gasteiger partial charge < -0.3 is 0 Å². The van der Waals surface area contributed by atoms with Crippen LogP contribution < -0.4 is 0 Å².